The lowest BCUT2D eigenvalue weighted by Gasteiger charge is -2.32. The number of carbonyl (C=O) groups is 1. The van der Waals surface area contributed by atoms with E-state index in [1.54, 1.807) is 29.2 Å². The Hall–Kier alpha value is -1.70. The molecule has 0 bridgehead atoms. The minimum atomic E-state index is -0.0407. The average Bonchev–Trinajstić information content (AvgIpc) is 3.24. The highest BCUT2D eigenvalue weighted by Gasteiger charge is 2.27. The van der Waals surface area contributed by atoms with Gasteiger partial charge in [0.1, 0.15) is 11.8 Å². The van der Waals surface area contributed by atoms with Gasteiger partial charge in [-0.3, -0.25) is 9.48 Å². The van der Waals surface area contributed by atoms with Crippen LogP contribution in [0.1, 0.15) is 21.5 Å². The van der Waals surface area contributed by atoms with E-state index in [0.29, 0.717) is 38.5 Å². The molecule has 0 aromatic carbocycles. The van der Waals surface area contributed by atoms with Crippen molar-refractivity contribution in [1.29, 1.82) is 0 Å². The molecule has 2 aromatic heterocycles. The summed E-state index contributed by atoms with van der Waals surface area (Å²) in [6, 6.07) is 5.80. The molecular formula is C15H19N3O3S. The van der Waals surface area contributed by atoms with Crippen LogP contribution in [0.5, 0.6) is 0 Å². The molecule has 6 nitrogen and oxygen atoms in total. The van der Waals surface area contributed by atoms with E-state index in [2.05, 4.69) is 5.10 Å². The smallest absolute Gasteiger partial charge is 0.274 e. The number of aromatic nitrogens is 2. The Morgan fingerprint density at radius 1 is 1.55 bits per heavy atom. The van der Waals surface area contributed by atoms with Crippen molar-refractivity contribution in [3.8, 4) is 0 Å². The zero-order valence-electron chi connectivity index (χ0n) is 12.5. The Labute approximate surface area is 133 Å². The van der Waals surface area contributed by atoms with Crippen LogP contribution in [0.15, 0.2) is 29.8 Å². The maximum Gasteiger partial charge on any atom is 0.274 e. The fraction of sp³-hybridized carbons (Fsp3) is 0.467. The summed E-state index contributed by atoms with van der Waals surface area (Å²) < 4.78 is 12.5. The highest BCUT2D eigenvalue weighted by Crippen LogP contribution is 2.26. The van der Waals surface area contributed by atoms with E-state index < -0.39 is 0 Å². The summed E-state index contributed by atoms with van der Waals surface area (Å²) in [5, 5.41) is 6.34. The van der Waals surface area contributed by atoms with Crippen molar-refractivity contribution >= 4 is 17.2 Å². The van der Waals surface area contributed by atoms with E-state index >= 15 is 0 Å². The first-order valence-corrected chi connectivity index (χ1v) is 8.12. The van der Waals surface area contributed by atoms with Crippen molar-refractivity contribution < 1.29 is 14.3 Å². The van der Waals surface area contributed by atoms with Gasteiger partial charge in [0.2, 0.25) is 0 Å². The van der Waals surface area contributed by atoms with Crippen LogP contribution in [0.25, 0.3) is 0 Å². The van der Waals surface area contributed by atoms with Crippen molar-refractivity contribution in [2.75, 3.05) is 33.4 Å². The Morgan fingerprint density at radius 3 is 3.23 bits per heavy atom. The zero-order valence-corrected chi connectivity index (χ0v) is 13.3. The lowest BCUT2D eigenvalue weighted by Crippen LogP contribution is -2.42. The van der Waals surface area contributed by atoms with Crippen molar-refractivity contribution in [2.45, 2.75) is 12.6 Å². The Bertz CT molecular complexity index is 611. The number of hydrogen-bond acceptors (Lipinski definition) is 5. The number of thiophene rings is 1. The van der Waals surface area contributed by atoms with E-state index in [0.717, 1.165) is 4.88 Å². The molecule has 118 valence electrons. The molecule has 0 aliphatic carbocycles. The van der Waals surface area contributed by atoms with Gasteiger partial charge in [-0.15, -0.1) is 11.3 Å². The molecule has 0 radical (unpaired) electrons. The number of ether oxygens (including phenoxy) is 2. The van der Waals surface area contributed by atoms with E-state index in [1.165, 1.54) is 0 Å². The molecule has 3 rings (SSSR count). The van der Waals surface area contributed by atoms with Gasteiger partial charge in [-0.2, -0.15) is 5.10 Å². The minimum Gasteiger partial charge on any atom is -0.383 e. The van der Waals surface area contributed by atoms with Crippen molar-refractivity contribution in [1.82, 2.24) is 14.7 Å². The summed E-state index contributed by atoms with van der Waals surface area (Å²) in [4.78, 5) is 15.5. The third-order valence-corrected chi connectivity index (χ3v) is 4.56. The van der Waals surface area contributed by atoms with E-state index in [4.69, 9.17) is 9.47 Å². The minimum absolute atomic E-state index is 0.0340. The van der Waals surface area contributed by atoms with Crippen LogP contribution in [0.3, 0.4) is 0 Å². The van der Waals surface area contributed by atoms with Gasteiger partial charge in [0, 0.05) is 24.7 Å². The van der Waals surface area contributed by atoms with Crippen LogP contribution in [0.2, 0.25) is 0 Å². The summed E-state index contributed by atoms with van der Waals surface area (Å²) in [5.74, 6) is -0.0407. The quantitative estimate of drug-likeness (QED) is 0.843. The molecule has 2 aromatic rings. The Balaban J connectivity index is 1.65. The monoisotopic (exact) mass is 321 g/mol. The predicted molar refractivity (Wildman–Crippen MR) is 83.0 cm³/mol. The molecule has 1 aliphatic rings. The normalized spacial score (nSPS) is 18.6. The van der Waals surface area contributed by atoms with Gasteiger partial charge in [0.05, 0.1) is 26.3 Å². The number of morpholine rings is 1. The number of rotatable bonds is 5. The highest BCUT2D eigenvalue weighted by molar-refractivity contribution is 7.10. The average molecular weight is 321 g/mol. The van der Waals surface area contributed by atoms with E-state index in [9.17, 15) is 4.79 Å². The second-order valence-electron chi connectivity index (χ2n) is 5.08. The molecule has 1 unspecified atom stereocenters. The first-order chi connectivity index (χ1) is 10.8. The standard InChI is InChI=1S/C15H19N3O3S/c1-20-8-7-18-5-4-12(16-18)15(19)17-6-9-21-13(11-17)14-3-2-10-22-14/h2-5,10,13H,6-9,11H2,1H3. The van der Waals surface area contributed by atoms with Crippen molar-refractivity contribution in [3.63, 3.8) is 0 Å². The maximum absolute atomic E-state index is 12.6. The fourth-order valence-corrected chi connectivity index (χ4v) is 3.19. The summed E-state index contributed by atoms with van der Waals surface area (Å²) in [6.45, 7) is 2.95. The summed E-state index contributed by atoms with van der Waals surface area (Å²) in [7, 11) is 1.65. The second kappa shape index (κ2) is 7.04. The molecule has 1 saturated heterocycles. The van der Waals surface area contributed by atoms with Gasteiger partial charge in [-0.25, -0.2) is 0 Å². The third-order valence-electron chi connectivity index (χ3n) is 3.60. The number of carbonyl (C=O) groups excluding carboxylic acids is 1. The van der Waals surface area contributed by atoms with Crippen LogP contribution < -0.4 is 0 Å². The molecule has 1 atom stereocenters. The summed E-state index contributed by atoms with van der Waals surface area (Å²) >= 11 is 1.66. The zero-order chi connectivity index (χ0) is 15.4. The first kappa shape index (κ1) is 15.2. The van der Waals surface area contributed by atoms with Crippen molar-refractivity contribution in [2.24, 2.45) is 0 Å². The molecule has 1 aliphatic heterocycles. The van der Waals surface area contributed by atoms with Crippen LogP contribution in [0, 0.1) is 0 Å². The molecule has 0 saturated carbocycles. The molecule has 0 N–H and O–H groups in total. The Morgan fingerprint density at radius 2 is 2.45 bits per heavy atom. The summed E-state index contributed by atoms with van der Waals surface area (Å²) in [6.07, 6.45) is 1.77. The van der Waals surface area contributed by atoms with Gasteiger partial charge in [-0.1, -0.05) is 6.07 Å². The first-order valence-electron chi connectivity index (χ1n) is 7.24. The molecule has 7 heteroatoms. The highest BCUT2D eigenvalue weighted by atomic mass is 32.1. The van der Waals surface area contributed by atoms with Crippen LogP contribution in [-0.2, 0) is 16.0 Å². The van der Waals surface area contributed by atoms with Crippen LogP contribution in [0.4, 0.5) is 0 Å². The number of amides is 1. The van der Waals surface area contributed by atoms with Crippen molar-refractivity contribution in [3.05, 3.63) is 40.3 Å². The van der Waals surface area contributed by atoms with Gasteiger partial charge in [0.15, 0.2) is 0 Å². The molecule has 1 amide bonds. The SMILES string of the molecule is COCCn1ccc(C(=O)N2CCOC(c3cccs3)C2)n1. The van der Waals surface area contributed by atoms with Gasteiger partial charge < -0.3 is 14.4 Å². The lowest BCUT2D eigenvalue weighted by atomic mass is 10.2. The number of nitrogens with zero attached hydrogens (tertiary/aromatic N) is 3. The number of methoxy groups -OCH3 is 1. The largest absolute Gasteiger partial charge is 0.383 e. The maximum atomic E-state index is 12.6. The summed E-state index contributed by atoms with van der Waals surface area (Å²) in [5.41, 5.74) is 0.475. The molecule has 0 spiro atoms. The van der Waals surface area contributed by atoms with Crippen LogP contribution in [-0.4, -0.2) is 54.0 Å². The predicted octanol–water partition coefficient (Wildman–Crippen LogP) is 1.80. The van der Waals surface area contributed by atoms with E-state index in [1.807, 2.05) is 28.6 Å². The fourth-order valence-electron chi connectivity index (χ4n) is 2.43. The van der Waals surface area contributed by atoms with Gasteiger partial charge >= 0.3 is 0 Å². The molecule has 22 heavy (non-hydrogen) atoms. The molecular weight excluding hydrogens is 302 g/mol. The molecule has 1 fully saturated rings. The lowest BCUT2D eigenvalue weighted by molar-refractivity contribution is -0.0214. The topological polar surface area (TPSA) is 56.6 Å². The number of hydrogen-bond donors (Lipinski definition) is 0. The van der Waals surface area contributed by atoms with Crippen LogP contribution >= 0.6 is 11.3 Å². The second-order valence-corrected chi connectivity index (χ2v) is 6.06. The Kier molecular flexibility index (Phi) is 4.87. The third kappa shape index (κ3) is 3.37. The van der Waals surface area contributed by atoms with E-state index in [-0.39, 0.29) is 12.0 Å². The molecule has 3 heterocycles. The van der Waals surface area contributed by atoms with Gasteiger partial charge in [0.25, 0.3) is 5.91 Å². The van der Waals surface area contributed by atoms with Gasteiger partial charge in [-0.05, 0) is 17.5 Å².